The molecule has 2 rings (SSSR count). The Morgan fingerprint density at radius 2 is 2.16 bits per heavy atom. The molecule has 1 aromatic heterocycles. The Bertz CT molecular complexity index is 590. The number of aromatic nitrogens is 1. The highest BCUT2D eigenvalue weighted by atomic mass is 16.5. The maximum Gasteiger partial charge on any atom is 0.140 e. The summed E-state index contributed by atoms with van der Waals surface area (Å²) in [5, 5.41) is 12.2. The van der Waals surface area contributed by atoms with Crippen molar-refractivity contribution in [1.82, 2.24) is 4.98 Å². The van der Waals surface area contributed by atoms with Crippen LogP contribution in [0.3, 0.4) is 0 Å². The number of benzene rings is 1. The van der Waals surface area contributed by atoms with Crippen molar-refractivity contribution in [2.24, 2.45) is 0 Å². The van der Waals surface area contributed by atoms with Crippen LogP contribution in [0.15, 0.2) is 42.6 Å². The summed E-state index contributed by atoms with van der Waals surface area (Å²) in [5.74, 6) is 0. The number of hydrogen-bond acceptors (Lipinski definition) is 4. The van der Waals surface area contributed by atoms with Crippen LogP contribution < -0.4 is 5.32 Å². The smallest absolute Gasteiger partial charge is 0.140 e. The van der Waals surface area contributed by atoms with E-state index >= 15 is 0 Å². The number of anilines is 1. The van der Waals surface area contributed by atoms with Crippen LogP contribution >= 0.6 is 0 Å². The lowest BCUT2D eigenvalue weighted by Crippen LogP contribution is -2.03. The van der Waals surface area contributed by atoms with Crippen LogP contribution in [0.4, 0.5) is 5.69 Å². The number of nitriles is 1. The summed E-state index contributed by atoms with van der Waals surface area (Å²) in [6.45, 7) is 1.22. The molecule has 19 heavy (non-hydrogen) atoms. The molecule has 1 N–H and O–H groups in total. The van der Waals surface area contributed by atoms with Gasteiger partial charge in [0.05, 0.1) is 6.61 Å². The van der Waals surface area contributed by atoms with Crippen LogP contribution in [0, 0.1) is 11.3 Å². The van der Waals surface area contributed by atoms with Gasteiger partial charge in [-0.2, -0.15) is 5.26 Å². The number of nitrogens with zero attached hydrogens (tertiary/aromatic N) is 2. The standard InChI is InChI=1S/C15H15N3O/c1-19-11-13-4-2-3-5-15(13)18-10-12-6-7-17-14(8-12)9-16/h2-8,18H,10-11H2,1H3. The van der Waals surface area contributed by atoms with Crippen molar-refractivity contribution in [3.8, 4) is 6.07 Å². The quantitative estimate of drug-likeness (QED) is 0.890. The number of ether oxygens (including phenoxy) is 1. The minimum Gasteiger partial charge on any atom is -0.381 e. The summed E-state index contributed by atoms with van der Waals surface area (Å²) in [6, 6.07) is 13.7. The molecule has 0 aliphatic rings. The van der Waals surface area contributed by atoms with E-state index in [0.29, 0.717) is 18.8 Å². The Hall–Kier alpha value is -2.38. The van der Waals surface area contributed by atoms with Crippen molar-refractivity contribution < 1.29 is 4.74 Å². The predicted molar refractivity (Wildman–Crippen MR) is 73.4 cm³/mol. The molecule has 0 saturated carbocycles. The van der Waals surface area contributed by atoms with Gasteiger partial charge in [-0.25, -0.2) is 4.98 Å². The first-order valence-electron chi connectivity index (χ1n) is 5.99. The fourth-order valence-corrected chi connectivity index (χ4v) is 1.82. The van der Waals surface area contributed by atoms with E-state index in [1.54, 1.807) is 19.4 Å². The van der Waals surface area contributed by atoms with Crippen molar-refractivity contribution in [2.45, 2.75) is 13.2 Å². The van der Waals surface area contributed by atoms with Gasteiger partial charge >= 0.3 is 0 Å². The lowest BCUT2D eigenvalue weighted by molar-refractivity contribution is 0.185. The molecule has 0 amide bonds. The van der Waals surface area contributed by atoms with Gasteiger partial charge in [0.2, 0.25) is 0 Å². The van der Waals surface area contributed by atoms with E-state index in [4.69, 9.17) is 10.00 Å². The van der Waals surface area contributed by atoms with E-state index in [1.165, 1.54) is 0 Å². The first-order valence-corrected chi connectivity index (χ1v) is 5.99. The molecule has 0 atom stereocenters. The van der Waals surface area contributed by atoms with Gasteiger partial charge in [-0.1, -0.05) is 18.2 Å². The summed E-state index contributed by atoms with van der Waals surface area (Å²) in [5.41, 5.74) is 3.61. The van der Waals surface area contributed by atoms with Gasteiger partial charge in [-0.05, 0) is 23.8 Å². The Morgan fingerprint density at radius 3 is 2.95 bits per heavy atom. The highest BCUT2D eigenvalue weighted by Crippen LogP contribution is 2.17. The van der Waals surface area contributed by atoms with Crippen molar-refractivity contribution in [3.05, 3.63) is 59.4 Å². The van der Waals surface area contributed by atoms with Gasteiger partial charge in [-0.15, -0.1) is 0 Å². The summed E-state index contributed by atoms with van der Waals surface area (Å²) in [4.78, 5) is 3.95. The summed E-state index contributed by atoms with van der Waals surface area (Å²) < 4.78 is 5.16. The van der Waals surface area contributed by atoms with E-state index in [9.17, 15) is 0 Å². The van der Waals surface area contributed by atoms with E-state index in [1.807, 2.05) is 36.4 Å². The Labute approximate surface area is 112 Å². The first kappa shape index (κ1) is 13.1. The number of pyridine rings is 1. The maximum absolute atomic E-state index is 8.81. The maximum atomic E-state index is 8.81. The lowest BCUT2D eigenvalue weighted by Gasteiger charge is -2.11. The van der Waals surface area contributed by atoms with Crippen LogP contribution in [0.2, 0.25) is 0 Å². The number of rotatable bonds is 5. The third-order valence-corrected chi connectivity index (χ3v) is 2.74. The summed E-state index contributed by atoms with van der Waals surface area (Å²) in [7, 11) is 1.68. The molecule has 0 aliphatic heterocycles. The van der Waals surface area contributed by atoms with E-state index in [2.05, 4.69) is 10.3 Å². The molecule has 1 heterocycles. The van der Waals surface area contributed by atoms with Crippen LogP contribution in [-0.4, -0.2) is 12.1 Å². The van der Waals surface area contributed by atoms with Crippen LogP contribution in [0.5, 0.6) is 0 Å². The topological polar surface area (TPSA) is 57.9 Å². The molecule has 96 valence electrons. The van der Waals surface area contributed by atoms with E-state index < -0.39 is 0 Å². The molecule has 0 radical (unpaired) electrons. The van der Waals surface area contributed by atoms with Crippen LogP contribution in [0.1, 0.15) is 16.8 Å². The zero-order chi connectivity index (χ0) is 13.5. The highest BCUT2D eigenvalue weighted by molar-refractivity contribution is 5.51. The average Bonchev–Trinajstić information content (AvgIpc) is 2.47. The van der Waals surface area contributed by atoms with E-state index in [0.717, 1.165) is 16.8 Å². The molecule has 0 saturated heterocycles. The van der Waals surface area contributed by atoms with Crippen LogP contribution in [0.25, 0.3) is 0 Å². The SMILES string of the molecule is COCc1ccccc1NCc1ccnc(C#N)c1. The molecule has 4 heteroatoms. The zero-order valence-electron chi connectivity index (χ0n) is 10.8. The molecule has 1 aromatic carbocycles. The monoisotopic (exact) mass is 253 g/mol. The second-order valence-corrected chi connectivity index (χ2v) is 4.10. The van der Waals surface area contributed by atoms with Gasteiger partial charge in [0, 0.05) is 31.1 Å². The van der Waals surface area contributed by atoms with Crippen LogP contribution in [-0.2, 0) is 17.9 Å². The van der Waals surface area contributed by atoms with Gasteiger partial charge in [0.25, 0.3) is 0 Å². The Kier molecular flexibility index (Phi) is 4.49. The molecule has 2 aromatic rings. The van der Waals surface area contributed by atoms with Gasteiger partial charge < -0.3 is 10.1 Å². The van der Waals surface area contributed by atoms with E-state index in [-0.39, 0.29) is 0 Å². The molecular formula is C15H15N3O. The normalized spacial score (nSPS) is 9.89. The molecule has 0 fully saturated rings. The molecular weight excluding hydrogens is 238 g/mol. The number of hydrogen-bond donors (Lipinski definition) is 1. The number of nitrogens with one attached hydrogen (secondary N) is 1. The molecule has 0 aliphatic carbocycles. The fraction of sp³-hybridized carbons (Fsp3) is 0.200. The first-order chi connectivity index (χ1) is 9.33. The number of methoxy groups -OCH3 is 1. The Morgan fingerprint density at radius 1 is 1.32 bits per heavy atom. The van der Waals surface area contributed by atoms with Crippen molar-refractivity contribution in [1.29, 1.82) is 5.26 Å². The summed E-state index contributed by atoms with van der Waals surface area (Å²) in [6.07, 6.45) is 1.65. The third kappa shape index (κ3) is 3.54. The molecule has 0 unspecified atom stereocenters. The second-order valence-electron chi connectivity index (χ2n) is 4.10. The minimum absolute atomic E-state index is 0.435. The highest BCUT2D eigenvalue weighted by Gasteiger charge is 2.01. The van der Waals surface area contributed by atoms with Crippen molar-refractivity contribution in [3.63, 3.8) is 0 Å². The number of para-hydroxylation sites is 1. The van der Waals surface area contributed by atoms with Gasteiger partial charge in [0.1, 0.15) is 11.8 Å². The zero-order valence-corrected chi connectivity index (χ0v) is 10.8. The van der Waals surface area contributed by atoms with Crippen molar-refractivity contribution >= 4 is 5.69 Å². The fourth-order valence-electron chi connectivity index (χ4n) is 1.82. The van der Waals surface area contributed by atoms with Gasteiger partial charge in [-0.3, -0.25) is 0 Å². The second kappa shape index (κ2) is 6.53. The molecule has 0 bridgehead atoms. The lowest BCUT2D eigenvalue weighted by atomic mass is 10.1. The van der Waals surface area contributed by atoms with Gasteiger partial charge in [0.15, 0.2) is 0 Å². The Balaban J connectivity index is 2.08. The predicted octanol–water partition coefficient (Wildman–Crippen LogP) is 2.71. The molecule has 4 nitrogen and oxygen atoms in total. The minimum atomic E-state index is 0.435. The molecule has 0 spiro atoms. The van der Waals surface area contributed by atoms with Crippen molar-refractivity contribution in [2.75, 3.05) is 12.4 Å². The largest absolute Gasteiger partial charge is 0.381 e. The average molecular weight is 253 g/mol. The third-order valence-electron chi connectivity index (χ3n) is 2.74. The summed E-state index contributed by atoms with van der Waals surface area (Å²) >= 11 is 0.